The van der Waals surface area contributed by atoms with Gasteiger partial charge in [0, 0.05) is 25.7 Å². The average molecular weight is 242 g/mol. The fraction of sp³-hybridized carbons (Fsp3) is 0.923. The lowest BCUT2D eigenvalue weighted by molar-refractivity contribution is -0.136. The zero-order chi connectivity index (χ0) is 12.8. The van der Waals surface area contributed by atoms with E-state index in [4.69, 9.17) is 5.11 Å². The topological polar surface area (TPSA) is 52.6 Å². The quantitative estimate of drug-likeness (QED) is 0.730. The Labute approximate surface area is 104 Å². The Morgan fingerprint density at radius 3 is 2.76 bits per heavy atom. The largest absolute Gasteiger partial charge is 0.396 e. The van der Waals surface area contributed by atoms with Crippen molar-refractivity contribution in [3.8, 4) is 0 Å². The third kappa shape index (κ3) is 4.64. The monoisotopic (exact) mass is 242 g/mol. The maximum absolute atomic E-state index is 12.2. The Morgan fingerprint density at radius 1 is 1.47 bits per heavy atom. The van der Waals surface area contributed by atoms with Crippen molar-refractivity contribution in [1.29, 1.82) is 0 Å². The molecule has 0 saturated carbocycles. The summed E-state index contributed by atoms with van der Waals surface area (Å²) in [6, 6.07) is 0.337. The lowest BCUT2D eigenvalue weighted by Gasteiger charge is -2.35. The smallest absolute Gasteiger partial charge is 0.239 e. The van der Waals surface area contributed by atoms with Crippen molar-refractivity contribution in [1.82, 2.24) is 10.2 Å². The molecule has 0 aromatic heterocycles. The van der Waals surface area contributed by atoms with Crippen LogP contribution in [0.2, 0.25) is 0 Å². The molecule has 100 valence electrons. The highest BCUT2D eigenvalue weighted by Crippen LogP contribution is 2.15. The number of piperidine rings is 1. The van der Waals surface area contributed by atoms with Gasteiger partial charge < -0.3 is 15.3 Å². The highest BCUT2D eigenvalue weighted by Gasteiger charge is 2.29. The Kier molecular flexibility index (Phi) is 5.92. The third-order valence-corrected chi connectivity index (χ3v) is 3.22. The SMILES string of the molecule is CC(CCO)CN1CCCC(NC(C)C)C1=O. The summed E-state index contributed by atoms with van der Waals surface area (Å²) in [4.78, 5) is 14.1. The first-order chi connectivity index (χ1) is 8.04. The van der Waals surface area contributed by atoms with Crippen LogP contribution in [0.3, 0.4) is 0 Å². The average Bonchev–Trinajstić information content (AvgIpc) is 2.23. The minimum absolute atomic E-state index is 0.00919. The van der Waals surface area contributed by atoms with E-state index in [1.165, 1.54) is 0 Å². The van der Waals surface area contributed by atoms with E-state index in [0.29, 0.717) is 12.0 Å². The molecule has 1 amide bonds. The van der Waals surface area contributed by atoms with Gasteiger partial charge in [-0.25, -0.2) is 0 Å². The van der Waals surface area contributed by atoms with E-state index >= 15 is 0 Å². The lowest BCUT2D eigenvalue weighted by Crippen LogP contribution is -2.53. The number of aliphatic hydroxyl groups excluding tert-OH is 1. The van der Waals surface area contributed by atoms with Crippen LogP contribution in [-0.4, -0.2) is 47.7 Å². The third-order valence-electron chi connectivity index (χ3n) is 3.22. The molecule has 1 aliphatic rings. The van der Waals surface area contributed by atoms with Crippen molar-refractivity contribution in [2.24, 2.45) is 5.92 Å². The minimum Gasteiger partial charge on any atom is -0.396 e. The maximum Gasteiger partial charge on any atom is 0.239 e. The fourth-order valence-corrected chi connectivity index (χ4v) is 2.37. The first-order valence-electron chi connectivity index (χ1n) is 6.70. The number of aliphatic hydroxyl groups is 1. The van der Waals surface area contributed by atoms with E-state index in [1.54, 1.807) is 0 Å². The molecule has 4 nitrogen and oxygen atoms in total. The van der Waals surface area contributed by atoms with Crippen LogP contribution in [-0.2, 0) is 4.79 Å². The summed E-state index contributed by atoms with van der Waals surface area (Å²) < 4.78 is 0. The molecule has 0 aromatic carbocycles. The van der Waals surface area contributed by atoms with Crippen LogP contribution in [0, 0.1) is 5.92 Å². The van der Waals surface area contributed by atoms with E-state index < -0.39 is 0 Å². The van der Waals surface area contributed by atoms with Gasteiger partial charge in [0.2, 0.25) is 5.91 Å². The van der Waals surface area contributed by atoms with Gasteiger partial charge >= 0.3 is 0 Å². The number of hydrogen-bond donors (Lipinski definition) is 2. The Hall–Kier alpha value is -0.610. The van der Waals surface area contributed by atoms with Crippen molar-refractivity contribution in [2.75, 3.05) is 19.7 Å². The second kappa shape index (κ2) is 6.97. The predicted molar refractivity (Wildman–Crippen MR) is 68.7 cm³/mol. The molecule has 0 spiro atoms. The van der Waals surface area contributed by atoms with Crippen LogP contribution in [0.5, 0.6) is 0 Å². The molecule has 0 aliphatic carbocycles. The molecule has 1 saturated heterocycles. The predicted octanol–water partition coefficient (Wildman–Crippen LogP) is 0.994. The summed E-state index contributed by atoms with van der Waals surface area (Å²) in [5, 5.41) is 12.2. The summed E-state index contributed by atoms with van der Waals surface area (Å²) in [5.74, 6) is 0.608. The molecule has 17 heavy (non-hydrogen) atoms. The standard InChI is InChI=1S/C13H26N2O2/c1-10(2)14-12-5-4-7-15(13(12)17)9-11(3)6-8-16/h10-12,14,16H,4-9H2,1-3H3. The van der Waals surface area contributed by atoms with Crippen LogP contribution >= 0.6 is 0 Å². The summed E-state index contributed by atoms with van der Waals surface area (Å²) in [7, 11) is 0. The van der Waals surface area contributed by atoms with Gasteiger partial charge in [0.05, 0.1) is 6.04 Å². The Balaban J connectivity index is 2.47. The van der Waals surface area contributed by atoms with E-state index in [1.807, 2.05) is 4.90 Å². The first kappa shape index (κ1) is 14.5. The number of likely N-dealkylation sites (tertiary alicyclic amines) is 1. The zero-order valence-electron chi connectivity index (χ0n) is 11.3. The van der Waals surface area contributed by atoms with Gasteiger partial charge in [-0.3, -0.25) is 4.79 Å². The second-order valence-corrected chi connectivity index (χ2v) is 5.42. The van der Waals surface area contributed by atoms with Gasteiger partial charge in [0.25, 0.3) is 0 Å². The summed E-state index contributed by atoms with van der Waals surface area (Å²) in [6.07, 6.45) is 2.79. The molecule has 2 N–H and O–H groups in total. The van der Waals surface area contributed by atoms with Crippen molar-refractivity contribution >= 4 is 5.91 Å². The van der Waals surface area contributed by atoms with E-state index in [0.717, 1.165) is 32.4 Å². The number of rotatable bonds is 6. The van der Waals surface area contributed by atoms with Gasteiger partial charge in [0.1, 0.15) is 0 Å². The molecule has 1 heterocycles. The fourth-order valence-electron chi connectivity index (χ4n) is 2.37. The van der Waals surface area contributed by atoms with Crippen LogP contribution < -0.4 is 5.32 Å². The molecule has 1 rings (SSSR count). The van der Waals surface area contributed by atoms with Gasteiger partial charge in [-0.05, 0) is 25.2 Å². The van der Waals surface area contributed by atoms with Crippen LogP contribution in [0.1, 0.15) is 40.0 Å². The molecule has 1 aliphatic heterocycles. The Bertz CT molecular complexity index is 244. The van der Waals surface area contributed by atoms with Crippen molar-refractivity contribution in [3.63, 3.8) is 0 Å². The molecule has 1 fully saturated rings. The van der Waals surface area contributed by atoms with Gasteiger partial charge in [0.15, 0.2) is 0 Å². The van der Waals surface area contributed by atoms with Gasteiger partial charge in [-0.15, -0.1) is 0 Å². The van der Waals surface area contributed by atoms with Crippen LogP contribution in [0.4, 0.5) is 0 Å². The van der Waals surface area contributed by atoms with Crippen LogP contribution in [0.25, 0.3) is 0 Å². The number of carbonyl (C=O) groups excluding carboxylic acids is 1. The normalized spacial score (nSPS) is 23.2. The van der Waals surface area contributed by atoms with Crippen molar-refractivity contribution < 1.29 is 9.90 Å². The first-order valence-corrected chi connectivity index (χ1v) is 6.70. The van der Waals surface area contributed by atoms with E-state index in [9.17, 15) is 4.79 Å². The molecule has 4 heteroatoms. The lowest BCUT2D eigenvalue weighted by atomic mass is 10.0. The summed E-state index contributed by atoms with van der Waals surface area (Å²) in [5.41, 5.74) is 0. The summed E-state index contributed by atoms with van der Waals surface area (Å²) in [6.45, 7) is 8.07. The zero-order valence-corrected chi connectivity index (χ0v) is 11.3. The number of carbonyl (C=O) groups is 1. The molecule has 2 atom stereocenters. The maximum atomic E-state index is 12.2. The number of hydrogen-bond acceptors (Lipinski definition) is 3. The number of amides is 1. The molecule has 0 bridgehead atoms. The van der Waals surface area contributed by atoms with Gasteiger partial charge in [-0.2, -0.15) is 0 Å². The number of nitrogens with one attached hydrogen (secondary N) is 1. The second-order valence-electron chi connectivity index (χ2n) is 5.42. The molecule has 2 unspecified atom stereocenters. The minimum atomic E-state index is -0.00919. The highest BCUT2D eigenvalue weighted by atomic mass is 16.3. The van der Waals surface area contributed by atoms with E-state index in [-0.39, 0.29) is 18.6 Å². The van der Waals surface area contributed by atoms with Crippen LogP contribution in [0.15, 0.2) is 0 Å². The van der Waals surface area contributed by atoms with E-state index in [2.05, 4.69) is 26.1 Å². The Morgan fingerprint density at radius 2 is 2.18 bits per heavy atom. The summed E-state index contributed by atoms with van der Waals surface area (Å²) >= 11 is 0. The van der Waals surface area contributed by atoms with Crippen molar-refractivity contribution in [2.45, 2.75) is 52.1 Å². The number of nitrogens with zero attached hydrogens (tertiary/aromatic N) is 1. The van der Waals surface area contributed by atoms with Crippen molar-refractivity contribution in [3.05, 3.63) is 0 Å². The molecular formula is C13H26N2O2. The highest BCUT2D eigenvalue weighted by molar-refractivity contribution is 5.82. The molecule has 0 aromatic rings. The van der Waals surface area contributed by atoms with Gasteiger partial charge in [-0.1, -0.05) is 20.8 Å². The molecular weight excluding hydrogens is 216 g/mol. The molecule has 0 radical (unpaired) electrons.